The van der Waals surface area contributed by atoms with Crippen LogP contribution in [0.3, 0.4) is 0 Å². The minimum atomic E-state index is -1.83. The number of unbranched alkanes of at least 4 members (excludes halogenated alkanes) is 12. The van der Waals surface area contributed by atoms with E-state index >= 15 is 0 Å². The maximum atomic E-state index is 12.4. The molecule has 0 aromatic carbocycles. The third-order valence-electron chi connectivity index (χ3n) is 8.02. The van der Waals surface area contributed by atoms with E-state index in [0.717, 1.165) is 19.3 Å². The van der Waals surface area contributed by atoms with Crippen LogP contribution in [0.25, 0.3) is 0 Å². The van der Waals surface area contributed by atoms with Crippen molar-refractivity contribution in [2.24, 2.45) is 5.73 Å². The summed E-state index contributed by atoms with van der Waals surface area (Å²) >= 11 is 0. The summed E-state index contributed by atoms with van der Waals surface area (Å²) in [5, 5.41) is 71.4. The maximum absolute atomic E-state index is 12.4. The molecule has 1 aliphatic carbocycles. The van der Waals surface area contributed by atoms with Gasteiger partial charge in [0.05, 0.1) is 12.6 Å². The van der Waals surface area contributed by atoms with Crippen LogP contribution < -0.4 is 5.73 Å². The van der Waals surface area contributed by atoms with Crippen molar-refractivity contribution in [3.8, 4) is 0 Å². The van der Waals surface area contributed by atoms with Crippen molar-refractivity contribution in [1.29, 1.82) is 0 Å². The molecule has 11 atom stereocenters. The Hall–Kier alpha value is -0.930. The van der Waals surface area contributed by atoms with Crippen molar-refractivity contribution in [2.45, 2.75) is 164 Å². The van der Waals surface area contributed by atoms with Crippen molar-refractivity contribution >= 4 is 5.97 Å². The van der Waals surface area contributed by atoms with Crippen LogP contribution in [0.4, 0.5) is 0 Å². The molecule has 1 saturated carbocycles. The minimum Gasteiger partial charge on any atom is -0.457 e. The third kappa shape index (κ3) is 10.4. The summed E-state index contributed by atoms with van der Waals surface area (Å²) in [4.78, 5) is 12.4. The van der Waals surface area contributed by atoms with Gasteiger partial charge in [-0.1, -0.05) is 84.0 Å². The first-order valence-corrected chi connectivity index (χ1v) is 15.1. The SMILES string of the molecule is CCCCCCCCCCCCCCCC(=O)O[C@@H]1[C@@H](O)[C@H](O[C@H]2O[C@H](CO)[C@@H](O)[C@H](O)[C@H]2N)[C@@H](O)[C@H](O)[C@H]1O. The van der Waals surface area contributed by atoms with Crippen LogP contribution in [0.15, 0.2) is 0 Å². The third-order valence-corrected chi connectivity index (χ3v) is 8.02. The Morgan fingerprint density at radius 1 is 0.675 bits per heavy atom. The highest BCUT2D eigenvalue weighted by atomic mass is 16.7. The molecule has 12 nitrogen and oxygen atoms in total. The van der Waals surface area contributed by atoms with Gasteiger partial charge in [-0.25, -0.2) is 0 Å². The Labute approximate surface area is 237 Å². The molecule has 9 N–H and O–H groups in total. The van der Waals surface area contributed by atoms with Gasteiger partial charge in [0.2, 0.25) is 0 Å². The molecule has 0 bridgehead atoms. The van der Waals surface area contributed by atoms with Gasteiger partial charge in [0.15, 0.2) is 12.4 Å². The van der Waals surface area contributed by atoms with Crippen LogP contribution in [0.2, 0.25) is 0 Å². The van der Waals surface area contributed by atoms with E-state index in [0.29, 0.717) is 6.42 Å². The Kier molecular flexibility index (Phi) is 16.4. The molecule has 1 saturated heterocycles. The van der Waals surface area contributed by atoms with Crippen LogP contribution in [0, 0.1) is 0 Å². The monoisotopic (exact) mass is 579 g/mol. The summed E-state index contributed by atoms with van der Waals surface area (Å²) in [6, 6.07) is -1.32. The molecular formula is C28H53NO11. The first-order chi connectivity index (χ1) is 19.1. The van der Waals surface area contributed by atoms with E-state index in [1.807, 2.05) is 0 Å². The van der Waals surface area contributed by atoms with E-state index in [9.17, 15) is 40.5 Å². The molecule has 2 aliphatic rings. The Morgan fingerprint density at radius 3 is 1.70 bits per heavy atom. The second-order valence-corrected chi connectivity index (χ2v) is 11.3. The van der Waals surface area contributed by atoms with Gasteiger partial charge in [0.25, 0.3) is 0 Å². The van der Waals surface area contributed by atoms with Gasteiger partial charge in [-0.05, 0) is 6.42 Å². The molecule has 2 fully saturated rings. The van der Waals surface area contributed by atoms with Crippen molar-refractivity contribution in [3.05, 3.63) is 0 Å². The van der Waals surface area contributed by atoms with Gasteiger partial charge in [-0.15, -0.1) is 0 Å². The summed E-state index contributed by atoms with van der Waals surface area (Å²) in [5.41, 5.74) is 5.85. The minimum absolute atomic E-state index is 0.0662. The molecule has 1 aliphatic heterocycles. The van der Waals surface area contributed by atoms with Crippen molar-refractivity contribution in [2.75, 3.05) is 6.61 Å². The first kappa shape index (κ1) is 35.3. The van der Waals surface area contributed by atoms with Crippen LogP contribution in [-0.2, 0) is 19.0 Å². The van der Waals surface area contributed by atoms with Crippen LogP contribution in [0.5, 0.6) is 0 Å². The van der Waals surface area contributed by atoms with Crippen molar-refractivity contribution in [1.82, 2.24) is 0 Å². The molecule has 0 amide bonds. The van der Waals surface area contributed by atoms with E-state index in [1.165, 1.54) is 57.8 Å². The van der Waals surface area contributed by atoms with Gasteiger partial charge < -0.3 is 55.7 Å². The Balaban J connectivity index is 1.73. The number of aliphatic hydroxyl groups is 7. The van der Waals surface area contributed by atoms with Gasteiger partial charge >= 0.3 is 5.97 Å². The lowest BCUT2D eigenvalue weighted by molar-refractivity contribution is -0.317. The second-order valence-electron chi connectivity index (χ2n) is 11.3. The zero-order chi connectivity index (χ0) is 29.7. The second kappa shape index (κ2) is 18.6. The summed E-state index contributed by atoms with van der Waals surface area (Å²) < 4.78 is 16.2. The Bertz CT molecular complexity index is 699. The zero-order valence-electron chi connectivity index (χ0n) is 23.8. The molecule has 0 aromatic rings. The average Bonchev–Trinajstić information content (AvgIpc) is 2.94. The van der Waals surface area contributed by atoms with Gasteiger partial charge in [0.1, 0.15) is 48.8 Å². The number of hydrogen-bond donors (Lipinski definition) is 8. The molecule has 0 aromatic heterocycles. The summed E-state index contributed by atoms with van der Waals surface area (Å²) in [6.07, 6.45) is -1.08. The van der Waals surface area contributed by atoms with Crippen molar-refractivity contribution < 1.29 is 54.8 Å². The number of rotatable bonds is 18. The quantitative estimate of drug-likeness (QED) is 0.0795. The zero-order valence-corrected chi connectivity index (χ0v) is 23.8. The molecular weight excluding hydrogens is 526 g/mol. The van der Waals surface area contributed by atoms with E-state index in [-0.39, 0.29) is 6.42 Å². The molecule has 12 heteroatoms. The fourth-order valence-electron chi connectivity index (χ4n) is 5.36. The lowest BCUT2D eigenvalue weighted by Gasteiger charge is -2.46. The summed E-state index contributed by atoms with van der Waals surface area (Å²) in [7, 11) is 0. The van der Waals surface area contributed by atoms with Gasteiger partial charge in [-0.3, -0.25) is 4.79 Å². The molecule has 1 heterocycles. The molecule has 0 unspecified atom stereocenters. The van der Waals surface area contributed by atoms with Crippen LogP contribution >= 0.6 is 0 Å². The standard InChI is InChI=1S/C28H53NO11/c1-2-3-4-5-6-7-8-9-10-11-12-13-14-15-18(31)39-26-23(35)22(34)24(36)27(25(26)37)40-28-19(29)21(33)20(32)17(16-30)38-28/h17,19-28,30,32-37H,2-16,29H2,1H3/t17-,19-,20-,21-,22-,23-,24+,25-,26+,27-,28-/m1/s1. The summed E-state index contributed by atoms with van der Waals surface area (Å²) in [5.74, 6) is -0.669. The largest absolute Gasteiger partial charge is 0.457 e. The predicted octanol–water partition coefficient (Wildman–Crippen LogP) is -0.0118. The average molecular weight is 580 g/mol. The Morgan fingerprint density at radius 2 is 1.18 bits per heavy atom. The summed E-state index contributed by atoms with van der Waals surface area (Å²) in [6.45, 7) is 1.56. The first-order valence-electron chi connectivity index (χ1n) is 15.1. The number of nitrogens with two attached hydrogens (primary N) is 1. The number of carbonyl (C=O) groups is 1. The highest BCUT2D eigenvalue weighted by Crippen LogP contribution is 2.30. The highest BCUT2D eigenvalue weighted by Gasteiger charge is 2.54. The molecule has 40 heavy (non-hydrogen) atoms. The molecule has 0 radical (unpaired) electrons. The van der Waals surface area contributed by atoms with E-state index in [2.05, 4.69) is 6.92 Å². The smallest absolute Gasteiger partial charge is 0.306 e. The lowest BCUT2D eigenvalue weighted by atomic mass is 9.84. The number of ether oxygens (including phenoxy) is 3. The van der Waals surface area contributed by atoms with Gasteiger partial charge in [-0.2, -0.15) is 0 Å². The highest BCUT2D eigenvalue weighted by molar-refractivity contribution is 5.69. The number of aliphatic hydroxyl groups excluding tert-OH is 7. The molecule has 0 spiro atoms. The van der Waals surface area contributed by atoms with Crippen molar-refractivity contribution in [3.63, 3.8) is 0 Å². The maximum Gasteiger partial charge on any atom is 0.306 e. The lowest BCUT2D eigenvalue weighted by Crippen LogP contribution is -2.68. The van der Waals surface area contributed by atoms with E-state index in [1.54, 1.807) is 0 Å². The number of carbonyl (C=O) groups excluding carboxylic acids is 1. The predicted molar refractivity (Wildman–Crippen MR) is 145 cm³/mol. The number of esters is 1. The fraction of sp³-hybridized carbons (Fsp3) is 0.964. The van der Waals surface area contributed by atoms with E-state index in [4.69, 9.17) is 19.9 Å². The normalized spacial score (nSPS) is 36.5. The fourth-order valence-corrected chi connectivity index (χ4v) is 5.36. The van der Waals surface area contributed by atoms with E-state index < -0.39 is 79.8 Å². The number of hydrogen-bond acceptors (Lipinski definition) is 12. The van der Waals surface area contributed by atoms with Crippen LogP contribution in [0.1, 0.15) is 96.8 Å². The van der Waals surface area contributed by atoms with Crippen LogP contribution in [-0.4, -0.2) is 116 Å². The molecule has 2 rings (SSSR count). The van der Waals surface area contributed by atoms with Gasteiger partial charge in [0, 0.05) is 6.42 Å². The molecule has 236 valence electrons. The topological polar surface area (TPSA) is 212 Å².